The standard InChI is InChI=1S/C21H19ClN4O4/c1-21(19(29)24-20(30)25-21)13-4-2-5-14(11-13)23-18(28)12-7-8-15(22)16(10-12)26-9-3-6-17(26)27/h2,4-5,7-8,10-11H,3,6,9H2,1H3,(H,23,28)(H2,24,25,29,30). The van der Waals surface area contributed by atoms with E-state index in [2.05, 4.69) is 16.0 Å². The molecule has 4 rings (SSSR count). The first kappa shape index (κ1) is 19.9. The van der Waals surface area contributed by atoms with Gasteiger partial charge in [-0.15, -0.1) is 0 Å². The van der Waals surface area contributed by atoms with Crippen molar-refractivity contribution < 1.29 is 19.2 Å². The lowest BCUT2D eigenvalue weighted by atomic mass is 9.92. The Kier molecular flexibility index (Phi) is 4.95. The van der Waals surface area contributed by atoms with Crippen molar-refractivity contribution in [3.63, 3.8) is 0 Å². The molecular weight excluding hydrogens is 408 g/mol. The molecule has 9 heteroatoms. The Hall–Kier alpha value is -3.39. The summed E-state index contributed by atoms with van der Waals surface area (Å²) in [5.74, 6) is -0.873. The van der Waals surface area contributed by atoms with Crippen molar-refractivity contribution in [2.24, 2.45) is 0 Å². The number of benzene rings is 2. The number of anilines is 2. The van der Waals surface area contributed by atoms with Crippen molar-refractivity contribution in [3.05, 3.63) is 58.6 Å². The van der Waals surface area contributed by atoms with Crippen LogP contribution >= 0.6 is 11.6 Å². The number of nitrogens with one attached hydrogen (secondary N) is 3. The second kappa shape index (κ2) is 7.46. The number of hydrogen-bond acceptors (Lipinski definition) is 4. The highest BCUT2D eigenvalue weighted by Gasteiger charge is 2.43. The molecule has 8 nitrogen and oxygen atoms in total. The van der Waals surface area contributed by atoms with Crippen molar-refractivity contribution in [1.82, 2.24) is 10.6 Å². The van der Waals surface area contributed by atoms with Crippen LogP contribution in [0.15, 0.2) is 42.5 Å². The van der Waals surface area contributed by atoms with Crippen LogP contribution in [0.3, 0.4) is 0 Å². The van der Waals surface area contributed by atoms with Gasteiger partial charge in [0.2, 0.25) is 5.91 Å². The Bertz CT molecular complexity index is 1090. The van der Waals surface area contributed by atoms with Crippen LogP contribution in [0.5, 0.6) is 0 Å². The average Bonchev–Trinajstić information content (AvgIpc) is 3.25. The smallest absolute Gasteiger partial charge is 0.322 e. The zero-order chi connectivity index (χ0) is 21.5. The first-order valence-electron chi connectivity index (χ1n) is 9.43. The number of urea groups is 1. The molecule has 0 aromatic heterocycles. The van der Waals surface area contributed by atoms with Gasteiger partial charge in [0, 0.05) is 24.2 Å². The fraction of sp³-hybridized carbons (Fsp3) is 0.238. The van der Waals surface area contributed by atoms with Gasteiger partial charge in [0.15, 0.2) is 0 Å². The summed E-state index contributed by atoms with van der Waals surface area (Å²) in [6.45, 7) is 2.16. The van der Waals surface area contributed by atoms with Crippen LogP contribution in [0.25, 0.3) is 0 Å². The molecule has 154 valence electrons. The lowest BCUT2D eigenvalue weighted by Crippen LogP contribution is -2.40. The molecule has 2 heterocycles. The Labute approximate surface area is 177 Å². The number of halogens is 1. The van der Waals surface area contributed by atoms with Gasteiger partial charge in [0.25, 0.3) is 11.8 Å². The van der Waals surface area contributed by atoms with Crippen LogP contribution in [0.1, 0.15) is 35.7 Å². The average molecular weight is 427 g/mol. The van der Waals surface area contributed by atoms with Gasteiger partial charge in [0.1, 0.15) is 5.54 Å². The summed E-state index contributed by atoms with van der Waals surface area (Å²) in [6.07, 6.45) is 1.21. The highest BCUT2D eigenvalue weighted by molar-refractivity contribution is 6.34. The summed E-state index contributed by atoms with van der Waals surface area (Å²) in [4.78, 5) is 50.1. The van der Waals surface area contributed by atoms with Gasteiger partial charge in [-0.05, 0) is 49.2 Å². The second-order valence-electron chi connectivity index (χ2n) is 7.38. The first-order valence-corrected chi connectivity index (χ1v) is 9.81. The van der Waals surface area contributed by atoms with Crippen LogP contribution in [-0.2, 0) is 15.1 Å². The maximum atomic E-state index is 12.8. The molecule has 0 saturated carbocycles. The highest BCUT2D eigenvalue weighted by Crippen LogP contribution is 2.31. The van der Waals surface area contributed by atoms with Gasteiger partial charge in [-0.3, -0.25) is 19.7 Å². The second-order valence-corrected chi connectivity index (χ2v) is 7.79. The van der Waals surface area contributed by atoms with Crippen molar-refractivity contribution in [2.75, 3.05) is 16.8 Å². The van der Waals surface area contributed by atoms with Gasteiger partial charge < -0.3 is 15.5 Å². The van der Waals surface area contributed by atoms with Crippen molar-refractivity contribution >= 4 is 46.7 Å². The summed E-state index contributed by atoms with van der Waals surface area (Å²) in [6, 6.07) is 10.9. The van der Waals surface area contributed by atoms with E-state index >= 15 is 0 Å². The number of carbonyl (C=O) groups is 4. The zero-order valence-corrected chi connectivity index (χ0v) is 16.9. The summed E-state index contributed by atoms with van der Waals surface area (Å²) in [7, 11) is 0. The van der Waals surface area contributed by atoms with Gasteiger partial charge in [-0.2, -0.15) is 0 Å². The Balaban J connectivity index is 1.57. The Morgan fingerprint density at radius 2 is 1.97 bits per heavy atom. The molecule has 2 aromatic carbocycles. The maximum Gasteiger partial charge on any atom is 0.322 e. The number of imide groups is 1. The lowest BCUT2D eigenvalue weighted by molar-refractivity contribution is -0.123. The molecule has 2 aromatic rings. The van der Waals surface area contributed by atoms with E-state index < -0.39 is 17.5 Å². The van der Waals surface area contributed by atoms with Gasteiger partial charge >= 0.3 is 6.03 Å². The normalized spacial score (nSPS) is 20.9. The van der Waals surface area contributed by atoms with E-state index in [1.54, 1.807) is 54.3 Å². The molecule has 1 unspecified atom stereocenters. The minimum Gasteiger partial charge on any atom is -0.322 e. The summed E-state index contributed by atoms with van der Waals surface area (Å²) >= 11 is 6.24. The summed E-state index contributed by atoms with van der Waals surface area (Å²) < 4.78 is 0. The molecule has 0 bridgehead atoms. The van der Waals surface area contributed by atoms with Crippen LogP contribution in [0.2, 0.25) is 5.02 Å². The highest BCUT2D eigenvalue weighted by atomic mass is 35.5. The predicted octanol–water partition coefficient (Wildman–Crippen LogP) is 2.77. The van der Waals surface area contributed by atoms with E-state index in [4.69, 9.17) is 11.6 Å². The molecule has 5 amide bonds. The van der Waals surface area contributed by atoms with Gasteiger partial charge in [-0.1, -0.05) is 23.7 Å². The number of amides is 5. The lowest BCUT2D eigenvalue weighted by Gasteiger charge is -2.22. The fourth-order valence-corrected chi connectivity index (χ4v) is 3.84. The molecule has 0 spiro atoms. The van der Waals surface area contributed by atoms with E-state index in [9.17, 15) is 19.2 Å². The SMILES string of the molecule is CC1(c2cccc(NC(=O)c3ccc(Cl)c(N4CCCC4=O)c3)c2)NC(=O)NC1=O. The first-order chi connectivity index (χ1) is 14.3. The predicted molar refractivity (Wildman–Crippen MR) is 111 cm³/mol. The minimum absolute atomic E-state index is 0.0210. The zero-order valence-electron chi connectivity index (χ0n) is 16.1. The van der Waals surface area contributed by atoms with Crippen molar-refractivity contribution in [3.8, 4) is 0 Å². The maximum absolute atomic E-state index is 12.8. The molecule has 3 N–H and O–H groups in total. The number of carbonyl (C=O) groups excluding carboxylic acids is 4. The minimum atomic E-state index is -1.22. The number of rotatable bonds is 4. The molecule has 30 heavy (non-hydrogen) atoms. The molecule has 2 saturated heterocycles. The third kappa shape index (κ3) is 3.50. The van der Waals surface area contributed by atoms with Crippen LogP contribution in [-0.4, -0.2) is 30.3 Å². The van der Waals surface area contributed by atoms with E-state index in [0.29, 0.717) is 40.5 Å². The topological polar surface area (TPSA) is 108 Å². The quantitative estimate of drug-likeness (QED) is 0.653. The molecule has 0 radical (unpaired) electrons. The molecular formula is C21H19ClN4O4. The van der Waals surface area contributed by atoms with E-state index in [1.807, 2.05) is 0 Å². The fourth-order valence-electron chi connectivity index (χ4n) is 3.62. The number of nitrogens with zero attached hydrogens (tertiary/aromatic N) is 1. The Morgan fingerprint density at radius 3 is 2.63 bits per heavy atom. The van der Waals surface area contributed by atoms with Crippen LogP contribution in [0, 0.1) is 0 Å². The van der Waals surface area contributed by atoms with Crippen molar-refractivity contribution in [1.29, 1.82) is 0 Å². The molecule has 2 fully saturated rings. The van der Waals surface area contributed by atoms with Crippen LogP contribution in [0.4, 0.5) is 16.2 Å². The van der Waals surface area contributed by atoms with Gasteiger partial charge in [0.05, 0.1) is 10.7 Å². The monoisotopic (exact) mass is 426 g/mol. The van der Waals surface area contributed by atoms with Gasteiger partial charge in [-0.25, -0.2) is 4.79 Å². The Morgan fingerprint density at radius 1 is 1.17 bits per heavy atom. The summed E-state index contributed by atoms with van der Waals surface area (Å²) in [5, 5.41) is 7.99. The largest absolute Gasteiger partial charge is 0.322 e. The van der Waals surface area contributed by atoms with Crippen molar-refractivity contribution in [2.45, 2.75) is 25.3 Å². The van der Waals surface area contributed by atoms with E-state index in [1.165, 1.54) is 0 Å². The molecule has 2 aliphatic rings. The van der Waals surface area contributed by atoms with E-state index in [0.717, 1.165) is 6.42 Å². The van der Waals surface area contributed by atoms with Crippen LogP contribution < -0.4 is 20.9 Å². The summed E-state index contributed by atoms with van der Waals surface area (Å²) in [5.41, 5.74) is 0.627. The van der Waals surface area contributed by atoms with E-state index in [-0.39, 0.29) is 11.8 Å². The third-order valence-corrected chi connectivity index (χ3v) is 5.63. The molecule has 2 aliphatic heterocycles. The third-order valence-electron chi connectivity index (χ3n) is 5.32. The molecule has 0 aliphatic carbocycles. The number of hydrogen-bond donors (Lipinski definition) is 3. The molecule has 1 atom stereocenters.